The molecule has 2 heteroatoms. The lowest BCUT2D eigenvalue weighted by Gasteiger charge is -2.19. The zero-order chi connectivity index (χ0) is 12.1. The van der Waals surface area contributed by atoms with Gasteiger partial charge in [-0.15, -0.1) is 0 Å². The van der Waals surface area contributed by atoms with Crippen molar-refractivity contribution >= 4 is 0 Å². The maximum atomic E-state index is 6.18. The topological polar surface area (TPSA) is 35.2 Å². The van der Waals surface area contributed by atoms with Crippen LogP contribution in [0.1, 0.15) is 31.4 Å². The van der Waals surface area contributed by atoms with Crippen LogP contribution in [-0.4, -0.2) is 13.2 Å². The number of nitrogens with two attached hydrogens (primary N) is 1. The van der Waals surface area contributed by atoms with Gasteiger partial charge in [0, 0.05) is 6.04 Å². The number of benzene rings is 1. The van der Waals surface area contributed by atoms with Crippen LogP contribution in [0.5, 0.6) is 5.75 Å². The van der Waals surface area contributed by atoms with Crippen LogP contribution in [0.3, 0.4) is 0 Å². The lowest BCUT2D eigenvalue weighted by atomic mass is 9.93. The molecule has 0 fully saturated rings. The number of hydrogen-bond acceptors (Lipinski definition) is 2. The number of methoxy groups -OCH3 is 1. The third-order valence-corrected chi connectivity index (χ3v) is 3.27. The van der Waals surface area contributed by atoms with Gasteiger partial charge in [0.05, 0.1) is 7.11 Å². The molecule has 0 amide bonds. The summed E-state index contributed by atoms with van der Waals surface area (Å²) in [4.78, 5) is 0. The molecule has 0 saturated carbocycles. The Morgan fingerprint density at radius 2 is 2.06 bits per heavy atom. The summed E-state index contributed by atoms with van der Waals surface area (Å²) in [5.74, 6) is 1.49. The van der Waals surface area contributed by atoms with Crippen LogP contribution in [0.2, 0.25) is 0 Å². The summed E-state index contributed by atoms with van der Waals surface area (Å²) in [5.41, 5.74) is 8.65. The fourth-order valence-corrected chi connectivity index (χ4v) is 1.82. The molecule has 0 spiro atoms. The van der Waals surface area contributed by atoms with Crippen molar-refractivity contribution in [1.29, 1.82) is 0 Å². The molecule has 0 radical (unpaired) electrons. The molecule has 0 aliphatic carbocycles. The molecular formula is C14H23NO. The Balaban J connectivity index is 2.82. The normalized spacial score (nSPS) is 14.6. The minimum atomic E-state index is 0.209. The zero-order valence-corrected chi connectivity index (χ0v) is 10.8. The molecule has 2 atom stereocenters. The van der Waals surface area contributed by atoms with Crippen LogP contribution in [0.4, 0.5) is 0 Å². The summed E-state index contributed by atoms with van der Waals surface area (Å²) in [6, 6.07) is 6.47. The van der Waals surface area contributed by atoms with Gasteiger partial charge in [-0.25, -0.2) is 0 Å². The van der Waals surface area contributed by atoms with Crippen LogP contribution in [0, 0.1) is 12.8 Å². The second-order valence-corrected chi connectivity index (χ2v) is 4.57. The molecule has 2 nitrogen and oxygen atoms in total. The smallest absolute Gasteiger partial charge is 0.122 e. The molecule has 0 aliphatic rings. The predicted octanol–water partition coefficient (Wildman–Crippen LogP) is 2.92. The SMILES string of the molecule is CCC(C)C(N)Cc1cc(C)ccc1OC. The van der Waals surface area contributed by atoms with E-state index in [1.165, 1.54) is 11.1 Å². The summed E-state index contributed by atoms with van der Waals surface area (Å²) in [6.07, 6.45) is 2.01. The molecule has 1 aromatic rings. The van der Waals surface area contributed by atoms with Crippen molar-refractivity contribution in [2.24, 2.45) is 11.7 Å². The standard InChI is InChI=1S/C14H23NO/c1-5-11(3)13(15)9-12-8-10(2)6-7-14(12)16-4/h6-8,11,13H,5,9,15H2,1-4H3. The number of rotatable bonds is 5. The van der Waals surface area contributed by atoms with Gasteiger partial charge >= 0.3 is 0 Å². The molecular weight excluding hydrogens is 198 g/mol. The first kappa shape index (κ1) is 13.0. The summed E-state index contributed by atoms with van der Waals surface area (Å²) in [7, 11) is 1.71. The van der Waals surface area contributed by atoms with E-state index in [4.69, 9.17) is 10.5 Å². The van der Waals surface area contributed by atoms with E-state index in [0.717, 1.165) is 18.6 Å². The number of hydrogen-bond donors (Lipinski definition) is 1. The lowest BCUT2D eigenvalue weighted by Crippen LogP contribution is -2.30. The fourth-order valence-electron chi connectivity index (χ4n) is 1.82. The maximum absolute atomic E-state index is 6.18. The second-order valence-electron chi connectivity index (χ2n) is 4.57. The van der Waals surface area contributed by atoms with E-state index < -0.39 is 0 Å². The van der Waals surface area contributed by atoms with Crippen LogP contribution in [-0.2, 0) is 6.42 Å². The molecule has 0 bridgehead atoms. The lowest BCUT2D eigenvalue weighted by molar-refractivity contribution is 0.397. The molecule has 90 valence electrons. The van der Waals surface area contributed by atoms with Crippen molar-refractivity contribution in [2.45, 2.75) is 39.7 Å². The average Bonchev–Trinajstić information content (AvgIpc) is 2.28. The Morgan fingerprint density at radius 1 is 1.38 bits per heavy atom. The van der Waals surface area contributed by atoms with Crippen molar-refractivity contribution in [1.82, 2.24) is 0 Å². The maximum Gasteiger partial charge on any atom is 0.122 e. The summed E-state index contributed by atoms with van der Waals surface area (Å²) >= 11 is 0. The molecule has 2 N–H and O–H groups in total. The second kappa shape index (κ2) is 5.90. The van der Waals surface area contributed by atoms with Gasteiger partial charge in [-0.1, -0.05) is 38.0 Å². The van der Waals surface area contributed by atoms with E-state index >= 15 is 0 Å². The van der Waals surface area contributed by atoms with E-state index in [0.29, 0.717) is 5.92 Å². The Labute approximate surface area is 98.8 Å². The highest BCUT2D eigenvalue weighted by Gasteiger charge is 2.14. The Bertz CT molecular complexity index is 336. The van der Waals surface area contributed by atoms with Crippen LogP contribution >= 0.6 is 0 Å². The minimum Gasteiger partial charge on any atom is -0.496 e. The van der Waals surface area contributed by atoms with Crippen molar-refractivity contribution in [2.75, 3.05) is 7.11 Å². The van der Waals surface area contributed by atoms with Gasteiger partial charge in [0.1, 0.15) is 5.75 Å². The Morgan fingerprint density at radius 3 is 2.62 bits per heavy atom. The monoisotopic (exact) mass is 221 g/mol. The summed E-state index contributed by atoms with van der Waals surface area (Å²) in [5, 5.41) is 0. The third kappa shape index (κ3) is 3.24. The van der Waals surface area contributed by atoms with E-state index in [1.54, 1.807) is 7.11 Å². The van der Waals surface area contributed by atoms with Crippen LogP contribution in [0.15, 0.2) is 18.2 Å². The third-order valence-electron chi connectivity index (χ3n) is 3.27. The fraction of sp³-hybridized carbons (Fsp3) is 0.571. The summed E-state index contributed by atoms with van der Waals surface area (Å²) in [6.45, 7) is 6.47. The minimum absolute atomic E-state index is 0.209. The molecule has 0 saturated heterocycles. The first-order chi connectivity index (χ1) is 7.58. The quantitative estimate of drug-likeness (QED) is 0.829. The van der Waals surface area contributed by atoms with Gasteiger partial charge in [-0.05, 0) is 30.9 Å². The van der Waals surface area contributed by atoms with Gasteiger partial charge < -0.3 is 10.5 Å². The highest BCUT2D eigenvalue weighted by atomic mass is 16.5. The van der Waals surface area contributed by atoms with Crippen molar-refractivity contribution in [3.8, 4) is 5.75 Å². The highest BCUT2D eigenvalue weighted by Crippen LogP contribution is 2.22. The van der Waals surface area contributed by atoms with E-state index in [9.17, 15) is 0 Å². The van der Waals surface area contributed by atoms with Crippen LogP contribution < -0.4 is 10.5 Å². The molecule has 0 aliphatic heterocycles. The Kier molecular flexibility index (Phi) is 4.81. The van der Waals surface area contributed by atoms with Gasteiger partial charge in [0.2, 0.25) is 0 Å². The van der Waals surface area contributed by atoms with Crippen molar-refractivity contribution in [3.05, 3.63) is 29.3 Å². The first-order valence-corrected chi connectivity index (χ1v) is 5.97. The zero-order valence-electron chi connectivity index (χ0n) is 10.8. The van der Waals surface area contributed by atoms with Gasteiger partial charge in [-0.2, -0.15) is 0 Å². The Hall–Kier alpha value is -1.02. The molecule has 1 rings (SSSR count). The molecule has 0 aromatic heterocycles. The highest BCUT2D eigenvalue weighted by molar-refractivity contribution is 5.37. The predicted molar refractivity (Wildman–Crippen MR) is 68.9 cm³/mol. The number of aryl methyl sites for hydroxylation is 1. The molecule has 2 unspecified atom stereocenters. The molecule has 16 heavy (non-hydrogen) atoms. The summed E-state index contributed by atoms with van der Waals surface area (Å²) < 4.78 is 5.36. The first-order valence-electron chi connectivity index (χ1n) is 5.97. The van der Waals surface area contributed by atoms with Gasteiger partial charge in [-0.3, -0.25) is 0 Å². The average molecular weight is 221 g/mol. The van der Waals surface area contributed by atoms with Gasteiger partial charge in [0.15, 0.2) is 0 Å². The van der Waals surface area contributed by atoms with E-state index in [-0.39, 0.29) is 6.04 Å². The number of ether oxygens (including phenoxy) is 1. The molecule has 0 heterocycles. The van der Waals surface area contributed by atoms with E-state index in [1.807, 2.05) is 6.07 Å². The van der Waals surface area contributed by atoms with Crippen molar-refractivity contribution in [3.63, 3.8) is 0 Å². The van der Waals surface area contributed by atoms with Crippen molar-refractivity contribution < 1.29 is 4.74 Å². The van der Waals surface area contributed by atoms with Crippen LogP contribution in [0.25, 0.3) is 0 Å². The van der Waals surface area contributed by atoms with E-state index in [2.05, 4.69) is 32.9 Å². The van der Waals surface area contributed by atoms with Gasteiger partial charge in [0.25, 0.3) is 0 Å². The largest absolute Gasteiger partial charge is 0.496 e. The molecule has 1 aromatic carbocycles.